The maximum absolute atomic E-state index is 15.2. The summed E-state index contributed by atoms with van der Waals surface area (Å²) in [4.78, 5) is 170. The highest BCUT2D eigenvalue weighted by atomic mass is 16.5. The first-order valence-corrected chi connectivity index (χ1v) is 30.0. The van der Waals surface area contributed by atoms with Crippen LogP contribution in [0.4, 0.5) is 0 Å². The highest BCUT2D eigenvalue weighted by Crippen LogP contribution is 2.27. The summed E-state index contributed by atoms with van der Waals surface area (Å²) in [5.41, 5.74) is 0.588. The number of likely N-dealkylation sites (N-methyl/N-ethyl adjacent to an activating group) is 6. The highest BCUT2D eigenvalue weighted by molar-refractivity contribution is 6.00. The van der Waals surface area contributed by atoms with E-state index in [2.05, 4.69) is 21.3 Å². The number of benzene rings is 1. The second-order valence-electron chi connectivity index (χ2n) is 24.4. The number of rotatable bonds is 15. The van der Waals surface area contributed by atoms with Crippen molar-refractivity contribution in [1.82, 2.24) is 55.6 Å². The number of cyclic esters (lactones) is 1. The zero-order valence-electron chi connectivity index (χ0n) is 54.1. The second-order valence-corrected chi connectivity index (χ2v) is 24.4. The molecule has 0 saturated carbocycles. The molecule has 85 heavy (non-hydrogen) atoms. The van der Waals surface area contributed by atoms with Crippen molar-refractivity contribution < 1.29 is 62.2 Å². The van der Waals surface area contributed by atoms with Crippen LogP contribution in [0.5, 0.6) is 5.75 Å². The van der Waals surface area contributed by atoms with Crippen molar-refractivity contribution in [3.63, 3.8) is 0 Å². The molecule has 1 aromatic carbocycles. The number of ether oxygens (including phenoxy) is 2. The molecule has 2 aliphatic heterocycles. The molecule has 0 bridgehead atoms. The molecule has 10 amide bonds. The molecule has 24 heteroatoms. The monoisotopic (exact) mass is 1200 g/mol. The molecule has 2 fully saturated rings. The molecule has 0 aliphatic carbocycles. The van der Waals surface area contributed by atoms with Crippen molar-refractivity contribution in [2.75, 3.05) is 82.6 Å². The van der Waals surface area contributed by atoms with Crippen molar-refractivity contribution in [3.8, 4) is 5.75 Å². The fourth-order valence-electron chi connectivity index (χ4n) is 11.2. The van der Waals surface area contributed by atoms with Crippen LogP contribution < -0.4 is 26.0 Å². The third-order valence-electron chi connectivity index (χ3n) is 16.7. The van der Waals surface area contributed by atoms with E-state index in [-0.39, 0.29) is 25.9 Å². The van der Waals surface area contributed by atoms with Gasteiger partial charge in [0.25, 0.3) is 5.91 Å². The summed E-state index contributed by atoms with van der Waals surface area (Å²) in [6.45, 7) is 19.0. The Morgan fingerprint density at radius 3 is 1.74 bits per heavy atom. The maximum atomic E-state index is 15.2. The summed E-state index contributed by atoms with van der Waals surface area (Å²) in [6.07, 6.45) is -0.0340. The molecule has 24 nitrogen and oxygen atoms in total. The van der Waals surface area contributed by atoms with Crippen LogP contribution in [0.25, 0.3) is 0 Å². The van der Waals surface area contributed by atoms with Crippen LogP contribution >= 0.6 is 0 Å². The first-order valence-electron chi connectivity index (χ1n) is 30.0. The Kier molecular flexibility index (Phi) is 28.2. The minimum absolute atomic E-state index is 0.109. The number of hydrogen-bond acceptors (Lipinski definition) is 14. The highest BCUT2D eigenvalue weighted by Gasteiger charge is 2.46. The van der Waals surface area contributed by atoms with Crippen molar-refractivity contribution in [3.05, 3.63) is 29.8 Å². The molecule has 0 aromatic heterocycles. The molecular weight excluding hydrogens is 1090 g/mol. The lowest BCUT2D eigenvalue weighted by Crippen LogP contribution is -2.63. The van der Waals surface area contributed by atoms with E-state index >= 15 is 14.4 Å². The first-order chi connectivity index (χ1) is 39.8. The number of methoxy groups -OCH3 is 1. The van der Waals surface area contributed by atoms with Gasteiger partial charge in [-0.25, -0.2) is 4.79 Å². The van der Waals surface area contributed by atoms with Crippen LogP contribution in [-0.2, 0) is 63.9 Å². The Bertz CT molecular complexity index is 2490. The fourth-order valence-corrected chi connectivity index (χ4v) is 11.2. The van der Waals surface area contributed by atoms with Gasteiger partial charge in [0.1, 0.15) is 54.1 Å². The average molecular weight is 1200 g/mol. The largest absolute Gasteiger partial charge is 0.497 e. The smallest absolute Gasteiger partial charge is 0.329 e. The molecule has 1 aromatic rings. The molecule has 2 heterocycles. The zero-order chi connectivity index (χ0) is 64.5. The Morgan fingerprint density at radius 2 is 1.20 bits per heavy atom. The van der Waals surface area contributed by atoms with Crippen molar-refractivity contribution in [2.24, 2.45) is 29.6 Å². The topological polar surface area (TPSA) is 277 Å². The number of carbonyl (C=O) groups excluding carboxylic acids is 11. The van der Waals surface area contributed by atoms with Crippen LogP contribution in [-0.4, -0.2) is 236 Å². The van der Waals surface area contributed by atoms with Crippen molar-refractivity contribution >= 4 is 65.0 Å². The van der Waals surface area contributed by atoms with Crippen LogP contribution in [0.2, 0.25) is 0 Å². The summed E-state index contributed by atoms with van der Waals surface area (Å²) in [7, 11) is 12.2. The van der Waals surface area contributed by atoms with E-state index in [1.54, 1.807) is 79.7 Å². The number of hydrogen-bond donors (Lipinski definition) is 4. The van der Waals surface area contributed by atoms with Gasteiger partial charge in [-0.05, 0) is 87.6 Å². The van der Waals surface area contributed by atoms with Crippen LogP contribution in [0, 0.1) is 29.6 Å². The van der Waals surface area contributed by atoms with Gasteiger partial charge >= 0.3 is 5.97 Å². The summed E-state index contributed by atoms with van der Waals surface area (Å²) in [5.74, 6) is -9.95. The Labute approximate surface area is 504 Å². The van der Waals surface area contributed by atoms with E-state index in [0.717, 1.165) is 9.80 Å². The number of fused-ring (bicyclic) bond motifs is 1. The van der Waals surface area contributed by atoms with E-state index in [0.29, 0.717) is 43.5 Å². The Morgan fingerprint density at radius 1 is 0.659 bits per heavy atom. The van der Waals surface area contributed by atoms with Crippen molar-refractivity contribution in [1.29, 1.82) is 0 Å². The standard InChI is InChI=1S/C61H101N11O13/c1-20-38(9)51-53(75)63-34-47(74)68(15)49(36(5)6)54(76)64-43(32-41-25-27-42(84-19)28-26-41)61(83)85-40(11)56(78)72-30-23-22-24-44(72)57(79)69(16)50(37(7)8)55(77)65-48(35(3)4)59(81)67(14)45(33-46(73)62-29-31-66(12)13)58(80)71(18)52(39(10)21-2)60(82)70(51)17/h25-28,35-40,43-45,48-52H,20-24,29-34H2,1-19H3,(H,62,73)(H,63,75)(H,64,76)(H,65,77)/t38-,39+,40-,43+,44+,45+,48+,49+,50+,51+,52+/m1/s1. The van der Waals surface area contributed by atoms with Gasteiger partial charge in [0.05, 0.1) is 20.1 Å². The van der Waals surface area contributed by atoms with E-state index in [1.807, 2.05) is 32.8 Å². The third kappa shape index (κ3) is 19.1. The molecule has 2 saturated heterocycles. The van der Waals surface area contributed by atoms with Crippen LogP contribution in [0.1, 0.15) is 120 Å². The van der Waals surface area contributed by atoms with E-state index in [1.165, 1.54) is 68.9 Å². The quantitative estimate of drug-likeness (QED) is 0.183. The number of esters is 1. The minimum atomic E-state index is -1.52. The van der Waals surface area contributed by atoms with Gasteiger partial charge in [0, 0.05) is 61.3 Å². The molecule has 4 N–H and O–H groups in total. The molecule has 3 rings (SSSR count). The van der Waals surface area contributed by atoms with Gasteiger partial charge in [-0.2, -0.15) is 0 Å². The molecule has 11 atom stereocenters. The molecule has 2 aliphatic rings. The van der Waals surface area contributed by atoms with E-state index in [4.69, 9.17) is 9.47 Å². The Hall–Kier alpha value is -6.85. The summed E-state index contributed by atoms with van der Waals surface area (Å²) >= 11 is 0. The van der Waals surface area contributed by atoms with Gasteiger partial charge < -0.3 is 65.0 Å². The lowest BCUT2D eigenvalue weighted by molar-refractivity contribution is -0.165. The molecule has 0 radical (unpaired) electrons. The van der Waals surface area contributed by atoms with Gasteiger partial charge in [-0.3, -0.25) is 47.9 Å². The predicted octanol–water partition coefficient (Wildman–Crippen LogP) is 1.91. The average Bonchev–Trinajstić information content (AvgIpc) is 2.56. The van der Waals surface area contributed by atoms with Gasteiger partial charge in [0.15, 0.2) is 6.10 Å². The summed E-state index contributed by atoms with van der Waals surface area (Å²) in [6, 6.07) is -3.40. The SMILES string of the molecule is CC[C@@H](C)[C@H]1C(=O)NCC(=O)N(C)[C@@H](C(C)C)C(=O)N[C@@H](Cc2ccc(OC)cc2)C(=O)O[C@H](C)C(=O)N2CCCC[C@H]2C(=O)N(C)[C@@H](C(C)C)C(=O)N[C@@H](C(C)C)C(=O)N(C)[C@@H](CC(=O)NCCN(C)C)C(=O)N(C)[C@@H]([C@@H](C)CC)C(=O)N1C. The minimum Gasteiger partial charge on any atom is -0.497 e. The summed E-state index contributed by atoms with van der Waals surface area (Å²) in [5, 5.41) is 11.1. The van der Waals surface area contributed by atoms with Crippen LogP contribution in [0.15, 0.2) is 24.3 Å². The number of nitrogens with zero attached hydrogens (tertiary/aromatic N) is 7. The van der Waals surface area contributed by atoms with Gasteiger partial charge in [0.2, 0.25) is 53.2 Å². The van der Waals surface area contributed by atoms with Crippen molar-refractivity contribution in [2.45, 2.75) is 176 Å². The predicted molar refractivity (Wildman–Crippen MR) is 321 cm³/mol. The Balaban J connectivity index is 2.30. The molecular formula is C61H101N11O13. The van der Waals surface area contributed by atoms with Gasteiger partial charge in [-0.1, -0.05) is 94.2 Å². The molecule has 0 spiro atoms. The van der Waals surface area contributed by atoms with E-state index < -0.39 is 162 Å². The third-order valence-corrected chi connectivity index (χ3v) is 16.7. The van der Waals surface area contributed by atoms with E-state index in [9.17, 15) is 38.4 Å². The number of piperidine rings is 1. The maximum Gasteiger partial charge on any atom is 0.329 e. The van der Waals surface area contributed by atoms with Crippen LogP contribution in [0.3, 0.4) is 0 Å². The fraction of sp³-hybridized carbons (Fsp3) is 0.721. The summed E-state index contributed by atoms with van der Waals surface area (Å²) < 4.78 is 11.2. The first kappa shape index (κ1) is 72.4. The molecule has 478 valence electrons. The lowest BCUT2D eigenvalue weighted by atomic mass is 9.92. The molecule has 0 unspecified atom stereocenters. The second kappa shape index (κ2) is 33.2. The number of nitrogens with one attached hydrogen (secondary N) is 4. The number of carbonyl (C=O) groups is 11. The van der Waals surface area contributed by atoms with Gasteiger partial charge in [-0.15, -0.1) is 0 Å². The normalized spacial score (nSPS) is 25.9. The lowest BCUT2D eigenvalue weighted by Gasteiger charge is -2.41. The zero-order valence-corrected chi connectivity index (χ0v) is 54.1. The number of amides is 10.